The second-order valence-corrected chi connectivity index (χ2v) is 6.50. The van der Waals surface area contributed by atoms with Gasteiger partial charge in [-0.15, -0.1) is 0 Å². The molecule has 0 aromatic heterocycles. The number of carbonyl (C=O) groups is 1. The zero-order valence-corrected chi connectivity index (χ0v) is 15.2. The second-order valence-electron chi connectivity index (χ2n) is 6.50. The van der Waals surface area contributed by atoms with Crippen LogP contribution in [0.2, 0.25) is 0 Å². The molecule has 0 spiro atoms. The number of carboxylic acid groups (broad SMARTS) is 1. The Labute approximate surface area is 160 Å². The third-order valence-electron chi connectivity index (χ3n) is 4.60. The molecule has 0 aliphatic carbocycles. The van der Waals surface area contributed by atoms with Gasteiger partial charge in [0.25, 0.3) is 0 Å². The van der Waals surface area contributed by atoms with Crippen LogP contribution in [0.5, 0.6) is 5.75 Å². The Hall–Kier alpha value is -3.09. The third kappa shape index (κ3) is 3.78. The molecular weight excluding hydrogens is 371 g/mol. The van der Waals surface area contributed by atoms with Crippen LogP contribution in [0, 0.1) is 5.92 Å². The largest absolute Gasteiger partial charge is 0.481 e. The molecule has 146 valence electrons. The minimum absolute atomic E-state index is 0.0981. The Morgan fingerprint density at radius 3 is 2.25 bits per heavy atom. The number of allylic oxidation sites excluding steroid dienone is 2. The Bertz CT molecular complexity index is 949. The quantitative estimate of drug-likeness (QED) is 0.775. The monoisotopic (exact) mass is 389 g/mol. The summed E-state index contributed by atoms with van der Waals surface area (Å²) in [7, 11) is 0. The van der Waals surface area contributed by atoms with Gasteiger partial charge >= 0.3 is 12.1 Å². The zero-order chi connectivity index (χ0) is 20.5. The summed E-state index contributed by atoms with van der Waals surface area (Å²) in [5.74, 6) is -3.20. The van der Waals surface area contributed by atoms with Gasteiger partial charge in [0.15, 0.2) is 0 Å². The number of para-hydroxylation sites is 1. The van der Waals surface area contributed by atoms with Crippen LogP contribution in [-0.4, -0.2) is 16.8 Å². The molecule has 1 aliphatic heterocycles. The van der Waals surface area contributed by atoms with E-state index >= 15 is 0 Å². The normalized spacial score (nSPS) is 20.0. The molecule has 28 heavy (non-hydrogen) atoms. The average molecular weight is 389 g/mol. The maximum Gasteiger partial charge on any atom is 0.416 e. The summed E-state index contributed by atoms with van der Waals surface area (Å²) in [4.78, 5) is 16.2. The first kappa shape index (κ1) is 19.7. The lowest BCUT2D eigenvalue weighted by Gasteiger charge is -2.32. The molecule has 7 heteroatoms. The Balaban J connectivity index is 2.21. The van der Waals surface area contributed by atoms with Gasteiger partial charge in [0.2, 0.25) is 0 Å². The van der Waals surface area contributed by atoms with Crippen molar-refractivity contribution < 1.29 is 27.8 Å². The minimum atomic E-state index is -4.63. The van der Waals surface area contributed by atoms with Crippen molar-refractivity contribution in [1.29, 1.82) is 0 Å². The fraction of sp³-hybridized carbons (Fsp3) is 0.238. The number of nitrogens with zero attached hydrogens (tertiary/aromatic N) is 1. The van der Waals surface area contributed by atoms with E-state index in [1.54, 1.807) is 37.3 Å². The minimum Gasteiger partial charge on any atom is -0.481 e. The molecule has 0 amide bonds. The van der Waals surface area contributed by atoms with Crippen LogP contribution < -0.4 is 4.74 Å². The van der Waals surface area contributed by atoms with E-state index in [1.165, 1.54) is 25.1 Å². The lowest BCUT2D eigenvalue weighted by Crippen LogP contribution is -2.35. The molecule has 2 aromatic carbocycles. The number of benzene rings is 2. The zero-order valence-electron chi connectivity index (χ0n) is 15.2. The van der Waals surface area contributed by atoms with Crippen LogP contribution >= 0.6 is 0 Å². The van der Waals surface area contributed by atoms with Gasteiger partial charge in [0, 0.05) is 5.71 Å². The van der Waals surface area contributed by atoms with E-state index in [0.717, 1.165) is 6.07 Å². The van der Waals surface area contributed by atoms with Crippen molar-refractivity contribution in [3.8, 4) is 5.75 Å². The van der Waals surface area contributed by atoms with E-state index < -0.39 is 29.5 Å². The maximum absolute atomic E-state index is 13.6. The SMILES string of the molecule is CC1=NC(C)=C(Oc2ccccc2)C(c2ccccc2C(F)(F)F)C1C(=O)O. The fourth-order valence-electron chi connectivity index (χ4n) is 3.43. The van der Waals surface area contributed by atoms with Gasteiger partial charge in [-0.1, -0.05) is 36.4 Å². The number of aliphatic carboxylic acids is 1. The van der Waals surface area contributed by atoms with Gasteiger partial charge in [0.05, 0.1) is 17.2 Å². The molecule has 1 heterocycles. The van der Waals surface area contributed by atoms with Crippen LogP contribution in [-0.2, 0) is 11.0 Å². The number of rotatable bonds is 4. The topological polar surface area (TPSA) is 58.9 Å². The van der Waals surface area contributed by atoms with Crippen molar-refractivity contribution >= 4 is 11.7 Å². The van der Waals surface area contributed by atoms with Gasteiger partial charge in [0.1, 0.15) is 17.4 Å². The second kappa shape index (κ2) is 7.50. The summed E-state index contributed by atoms with van der Waals surface area (Å²) in [6.45, 7) is 3.10. The molecule has 0 saturated carbocycles. The smallest absolute Gasteiger partial charge is 0.416 e. The number of hydrogen-bond donors (Lipinski definition) is 1. The van der Waals surface area contributed by atoms with Crippen molar-refractivity contribution in [3.63, 3.8) is 0 Å². The highest BCUT2D eigenvalue weighted by atomic mass is 19.4. The first-order chi connectivity index (χ1) is 13.2. The number of hydrogen-bond acceptors (Lipinski definition) is 3. The van der Waals surface area contributed by atoms with Crippen LogP contribution in [0.15, 0.2) is 71.0 Å². The van der Waals surface area contributed by atoms with Crippen LogP contribution in [0.1, 0.15) is 30.9 Å². The number of carboxylic acids is 1. The lowest BCUT2D eigenvalue weighted by atomic mass is 9.77. The first-order valence-corrected chi connectivity index (χ1v) is 8.58. The van der Waals surface area contributed by atoms with E-state index in [4.69, 9.17) is 4.74 Å². The molecule has 2 aromatic rings. The van der Waals surface area contributed by atoms with Crippen LogP contribution in [0.3, 0.4) is 0 Å². The van der Waals surface area contributed by atoms with Crippen molar-refractivity contribution in [2.75, 3.05) is 0 Å². The summed E-state index contributed by atoms with van der Waals surface area (Å²) in [5, 5.41) is 9.76. The van der Waals surface area contributed by atoms with E-state index in [2.05, 4.69) is 4.99 Å². The molecule has 3 rings (SSSR count). The standard InChI is InChI=1S/C21H18F3NO3/c1-12-17(20(26)27)18(15-10-6-7-11-16(15)21(22,23)24)19(13(2)25-12)28-14-8-4-3-5-9-14/h3-11,17-18H,1-2H3,(H,26,27). The molecule has 2 unspecified atom stereocenters. The van der Waals surface area contributed by atoms with Crippen LogP contribution in [0.25, 0.3) is 0 Å². The van der Waals surface area contributed by atoms with Crippen LogP contribution in [0.4, 0.5) is 13.2 Å². The molecule has 0 bridgehead atoms. The molecule has 2 atom stereocenters. The molecule has 0 radical (unpaired) electrons. The highest BCUT2D eigenvalue weighted by Crippen LogP contribution is 2.44. The van der Waals surface area contributed by atoms with Crippen molar-refractivity contribution in [3.05, 3.63) is 77.2 Å². The maximum atomic E-state index is 13.6. The molecule has 4 nitrogen and oxygen atoms in total. The summed E-state index contributed by atoms with van der Waals surface area (Å²) in [6.07, 6.45) is -4.63. The van der Waals surface area contributed by atoms with Crippen molar-refractivity contribution in [2.45, 2.75) is 25.9 Å². The van der Waals surface area contributed by atoms with Crippen molar-refractivity contribution in [1.82, 2.24) is 0 Å². The number of aliphatic imine (C=N–C) groups is 1. The Morgan fingerprint density at radius 1 is 1.04 bits per heavy atom. The predicted octanol–water partition coefficient (Wildman–Crippen LogP) is 5.27. The molecule has 1 N–H and O–H groups in total. The Kier molecular flexibility index (Phi) is 5.27. The predicted molar refractivity (Wildman–Crippen MR) is 98.2 cm³/mol. The van der Waals surface area contributed by atoms with Gasteiger partial charge in [-0.3, -0.25) is 9.79 Å². The molecule has 0 saturated heterocycles. The molecule has 1 aliphatic rings. The van der Waals surface area contributed by atoms with Gasteiger partial charge in [-0.05, 0) is 37.6 Å². The number of ether oxygens (including phenoxy) is 1. The Morgan fingerprint density at radius 2 is 1.64 bits per heavy atom. The summed E-state index contributed by atoms with van der Waals surface area (Å²) in [6, 6.07) is 13.5. The highest BCUT2D eigenvalue weighted by Gasteiger charge is 2.44. The van der Waals surface area contributed by atoms with E-state index in [9.17, 15) is 23.1 Å². The van der Waals surface area contributed by atoms with E-state index in [0.29, 0.717) is 11.4 Å². The summed E-state index contributed by atoms with van der Waals surface area (Å²) < 4.78 is 46.8. The van der Waals surface area contributed by atoms with E-state index in [1.807, 2.05) is 0 Å². The first-order valence-electron chi connectivity index (χ1n) is 8.58. The van der Waals surface area contributed by atoms with E-state index in [-0.39, 0.29) is 17.0 Å². The summed E-state index contributed by atoms with van der Waals surface area (Å²) >= 11 is 0. The van der Waals surface area contributed by atoms with Gasteiger partial charge in [-0.2, -0.15) is 13.2 Å². The third-order valence-corrected chi connectivity index (χ3v) is 4.60. The average Bonchev–Trinajstić information content (AvgIpc) is 2.63. The summed E-state index contributed by atoms with van der Waals surface area (Å²) in [5.41, 5.74) is -0.460. The van der Waals surface area contributed by atoms with Gasteiger partial charge in [-0.25, -0.2) is 0 Å². The van der Waals surface area contributed by atoms with Gasteiger partial charge < -0.3 is 9.84 Å². The van der Waals surface area contributed by atoms with Crippen molar-refractivity contribution in [2.24, 2.45) is 10.9 Å². The fourth-order valence-corrected chi connectivity index (χ4v) is 3.43. The number of halogens is 3. The lowest BCUT2D eigenvalue weighted by molar-refractivity contribution is -0.142. The molecule has 0 fully saturated rings. The molecular formula is C21H18F3NO3. The number of alkyl halides is 3. The highest BCUT2D eigenvalue weighted by molar-refractivity contribution is 6.03.